The molecule has 0 aromatic heterocycles. The van der Waals surface area contributed by atoms with Gasteiger partial charge in [0.2, 0.25) is 0 Å². The Labute approximate surface area is 135 Å². The van der Waals surface area contributed by atoms with Crippen molar-refractivity contribution in [2.24, 2.45) is 0 Å². The second kappa shape index (κ2) is 7.98. The molecule has 0 unspecified atom stereocenters. The van der Waals surface area contributed by atoms with Gasteiger partial charge in [-0.3, -0.25) is 0 Å². The van der Waals surface area contributed by atoms with Gasteiger partial charge in [-0.05, 0) is 25.1 Å². The molecule has 0 spiro atoms. The van der Waals surface area contributed by atoms with Gasteiger partial charge < -0.3 is 20.1 Å². The Morgan fingerprint density at radius 2 is 2.17 bits per heavy atom. The molecule has 2 amide bonds. The molecule has 0 saturated carbocycles. The minimum atomic E-state index is -3.19. The lowest BCUT2D eigenvalue weighted by Crippen LogP contribution is -2.38. The molecular weight excluding hydrogens is 320 g/mol. The lowest BCUT2D eigenvalue weighted by molar-refractivity contribution is 0.110. The summed E-state index contributed by atoms with van der Waals surface area (Å²) in [5, 5.41) is 6.35. The molecule has 0 saturated heterocycles. The number of nitrogens with one attached hydrogen (secondary N) is 2. The number of benzene rings is 1. The van der Waals surface area contributed by atoms with Crippen LogP contribution in [0.5, 0.6) is 5.75 Å². The lowest BCUT2D eigenvalue weighted by atomic mass is 10.3. The van der Waals surface area contributed by atoms with Crippen molar-refractivity contribution < 1.29 is 22.7 Å². The Morgan fingerprint density at radius 3 is 2.87 bits per heavy atom. The third-order valence-electron chi connectivity index (χ3n) is 3.04. The summed E-state index contributed by atoms with van der Waals surface area (Å²) in [5.74, 6) is 0.506. The minimum absolute atomic E-state index is 0.110. The van der Waals surface area contributed by atoms with Gasteiger partial charge in [0.05, 0.1) is 18.4 Å². The van der Waals surface area contributed by atoms with Crippen molar-refractivity contribution in [3.8, 4) is 5.75 Å². The van der Waals surface area contributed by atoms with E-state index >= 15 is 0 Å². The number of rotatable bonds is 7. The van der Waals surface area contributed by atoms with Crippen molar-refractivity contribution in [1.29, 1.82) is 0 Å². The zero-order valence-corrected chi connectivity index (χ0v) is 13.6. The number of hydrogen-bond acceptors (Lipinski definition) is 5. The fourth-order valence-corrected chi connectivity index (χ4v) is 3.26. The van der Waals surface area contributed by atoms with E-state index in [0.29, 0.717) is 31.3 Å². The van der Waals surface area contributed by atoms with Crippen LogP contribution < -0.4 is 15.4 Å². The van der Waals surface area contributed by atoms with Crippen LogP contribution in [0.15, 0.2) is 35.7 Å². The smallest absolute Gasteiger partial charge is 0.319 e. The van der Waals surface area contributed by atoms with Gasteiger partial charge in [0.25, 0.3) is 0 Å². The fraction of sp³-hybridized carbons (Fsp3) is 0.400. The van der Waals surface area contributed by atoms with Crippen LogP contribution >= 0.6 is 0 Å². The molecule has 126 valence electrons. The maximum atomic E-state index is 11.9. The maximum absolute atomic E-state index is 11.9. The van der Waals surface area contributed by atoms with Crippen molar-refractivity contribution in [1.82, 2.24) is 5.32 Å². The van der Waals surface area contributed by atoms with Crippen LogP contribution in [0.25, 0.3) is 0 Å². The molecule has 0 bridgehead atoms. The van der Waals surface area contributed by atoms with Crippen LogP contribution in [0.4, 0.5) is 10.5 Å². The van der Waals surface area contributed by atoms with Gasteiger partial charge in [-0.25, -0.2) is 13.2 Å². The third-order valence-corrected chi connectivity index (χ3v) is 4.43. The number of urea groups is 1. The van der Waals surface area contributed by atoms with Crippen LogP contribution in [0.3, 0.4) is 0 Å². The number of hydrogen-bond donors (Lipinski definition) is 2. The van der Waals surface area contributed by atoms with Crippen LogP contribution in [-0.4, -0.2) is 46.1 Å². The molecule has 0 fully saturated rings. The van der Waals surface area contributed by atoms with E-state index in [1.807, 2.05) is 6.92 Å². The number of carbonyl (C=O) groups excluding carboxylic acids is 1. The highest BCUT2D eigenvalue weighted by molar-refractivity contribution is 7.94. The average Bonchev–Trinajstić information content (AvgIpc) is 2.83. The molecule has 2 N–H and O–H groups in total. The topological polar surface area (TPSA) is 93.7 Å². The summed E-state index contributed by atoms with van der Waals surface area (Å²) in [6, 6.07) is 5.96. The van der Waals surface area contributed by atoms with Crippen molar-refractivity contribution in [3.63, 3.8) is 0 Å². The van der Waals surface area contributed by atoms with Crippen LogP contribution in [0.1, 0.15) is 6.92 Å². The van der Waals surface area contributed by atoms with E-state index in [2.05, 4.69) is 10.6 Å². The van der Waals surface area contributed by atoms with E-state index in [1.165, 1.54) is 6.08 Å². The van der Waals surface area contributed by atoms with Gasteiger partial charge in [0, 0.05) is 23.8 Å². The molecule has 2 rings (SSSR count). The van der Waals surface area contributed by atoms with Crippen molar-refractivity contribution in [3.05, 3.63) is 35.7 Å². The Bertz CT molecular complexity index is 672. The van der Waals surface area contributed by atoms with E-state index in [-0.39, 0.29) is 5.75 Å². The summed E-state index contributed by atoms with van der Waals surface area (Å²) in [4.78, 5) is 11.9. The third kappa shape index (κ3) is 5.91. The Kier molecular flexibility index (Phi) is 6.00. The SMILES string of the molecule is CCOCCOc1cccc(NC(=O)N[C@H]2C=CS(=O)(=O)C2)c1. The summed E-state index contributed by atoms with van der Waals surface area (Å²) >= 11 is 0. The summed E-state index contributed by atoms with van der Waals surface area (Å²) < 4.78 is 33.3. The molecular formula is C15H20N2O5S. The number of ether oxygens (including phenoxy) is 2. The average molecular weight is 340 g/mol. The zero-order valence-electron chi connectivity index (χ0n) is 12.8. The van der Waals surface area contributed by atoms with Crippen molar-refractivity contribution >= 4 is 21.6 Å². The summed E-state index contributed by atoms with van der Waals surface area (Å²) in [5.41, 5.74) is 0.557. The minimum Gasteiger partial charge on any atom is -0.491 e. The van der Waals surface area contributed by atoms with Crippen LogP contribution in [0.2, 0.25) is 0 Å². The molecule has 8 heteroatoms. The first kappa shape index (κ1) is 17.3. The standard InChI is InChI=1S/C15H20N2O5S/c1-2-21-7-8-22-14-5-3-4-12(10-14)16-15(18)17-13-6-9-23(19,20)11-13/h3-6,9-10,13H,2,7-8,11H2,1H3,(H2,16,17,18)/t13-/m0/s1. The van der Waals surface area contributed by atoms with Gasteiger partial charge in [-0.2, -0.15) is 0 Å². The van der Waals surface area contributed by atoms with E-state index in [1.54, 1.807) is 24.3 Å². The Morgan fingerprint density at radius 1 is 1.35 bits per heavy atom. The summed E-state index contributed by atoms with van der Waals surface area (Å²) in [6.45, 7) is 3.47. The number of anilines is 1. The highest BCUT2D eigenvalue weighted by Crippen LogP contribution is 2.17. The zero-order chi connectivity index (χ0) is 16.7. The predicted molar refractivity (Wildman–Crippen MR) is 87.3 cm³/mol. The molecule has 1 heterocycles. The maximum Gasteiger partial charge on any atom is 0.319 e. The summed E-state index contributed by atoms with van der Waals surface area (Å²) in [6.07, 6.45) is 1.46. The van der Waals surface area contributed by atoms with Crippen LogP contribution in [0, 0.1) is 0 Å². The Hall–Kier alpha value is -2.06. The van der Waals surface area contributed by atoms with E-state index < -0.39 is 21.9 Å². The van der Waals surface area contributed by atoms with Gasteiger partial charge in [0.1, 0.15) is 12.4 Å². The van der Waals surface area contributed by atoms with E-state index in [4.69, 9.17) is 9.47 Å². The van der Waals surface area contributed by atoms with Gasteiger partial charge in [-0.15, -0.1) is 0 Å². The van der Waals surface area contributed by atoms with E-state index in [0.717, 1.165) is 5.41 Å². The number of carbonyl (C=O) groups is 1. The second-order valence-corrected chi connectivity index (χ2v) is 6.87. The first-order chi connectivity index (χ1) is 11.0. The first-order valence-electron chi connectivity index (χ1n) is 7.27. The molecule has 1 aliphatic heterocycles. The second-order valence-electron chi connectivity index (χ2n) is 4.94. The monoisotopic (exact) mass is 340 g/mol. The summed E-state index contributed by atoms with van der Waals surface area (Å²) in [7, 11) is -3.19. The molecule has 7 nitrogen and oxygen atoms in total. The molecule has 1 aromatic rings. The fourth-order valence-electron chi connectivity index (χ4n) is 2.03. The molecule has 0 radical (unpaired) electrons. The quantitative estimate of drug-likeness (QED) is 0.734. The largest absolute Gasteiger partial charge is 0.491 e. The van der Waals surface area contributed by atoms with Gasteiger partial charge in [-0.1, -0.05) is 6.07 Å². The molecule has 1 aliphatic rings. The van der Waals surface area contributed by atoms with Gasteiger partial charge in [0.15, 0.2) is 9.84 Å². The van der Waals surface area contributed by atoms with Crippen molar-refractivity contribution in [2.75, 3.05) is 30.9 Å². The molecule has 23 heavy (non-hydrogen) atoms. The highest BCUT2D eigenvalue weighted by atomic mass is 32.2. The van der Waals surface area contributed by atoms with Crippen molar-refractivity contribution in [2.45, 2.75) is 13.0 Å². The lowest BCUT2D eigenvalue weighted by Gasteiger charge is -2.12. The first-order valence-corrected chi connectivity index (χ1v) is 8.99. The normalized spacial score (nSPS) is 18.6. The number of amides is 2. The molecule has 0 aliphatic carbocycles. The van der Waals surface area contributed by atoms with Crippen LogP contribution in [-0.2, 0) is 14.6 Å². The molecule has 1 aromatic carbocycles. The predicted octanol–water partition coefficient (Wildman–Crippen LogP) is 1.53. The van der Waals surface area contributed by atoms with E-state index in [9.17, 15) is 13.2 Å². The number of sulfone groups is 1. The van der Waals surface area contributed by atoms with Gasteiger partial charge >= 0.3 is 6.03 Å². The Balaban J connectivity index is 1.82. The highest BCUT2D eigenvalue weighted by Gasteiger charge is 2.22. The molecule has 1 atom stereocenters.